The first-order valence-corrected chi connectivity index (χ1v) is 5.83. The van der Waals surface area contributed by atoms with E-state index in [0.717, 1.165) is 16.4 Å². The van der Waals surface area contributed by atoms with E-state index in [1.807, 2.05) is 0 Å². The van der Waals surface area contributed by atoms with Crippen LogP contribution in [0.15, 0.2) is 24.4 Å². The monoisotopic (exact) mass is 289 g/mol. The zero-order chi connectivity index (χ0) is 14.2. The second-order valence-electron chi connectivity index (χ2n) is 4.07. The van der Waals surface area contributed by atoms with Crippen LogP contribution in [0.2, 0.25) is 5.02 Å². The first-order chi connectivity index (χ1) is 8.84. The lowest BCUT2D eigenvalue weighted by atomic mass is 10.2. The number of nitrogens with two attached hydrogens (primary N) is 1. The van der Waals surface area contributed by atoms with Gasteiger partial charge in [-0.25, -0.2) is 4.68 Å². The van der Waals surface area contributed by atoms with Gasteiger partial charge in [0.1, 0.15) is 0 Å². The Kier molecular flexibility index (Phi) is 3.56. The molecule has 2 N–H and O–H groups in total. The molecule has 0 saturated heterocycles. The molecular weight excluding hydrogens is 279 g/mol. The Morgan fingerprint density at radius 1 is 1.37 bits per heavy atom. The second-order valence-corrected chi connectivity index (χ2v) is 4.47. The molecular formula is C12H11ClF3N3. The molecule has 0 bridgehead atoms. The van der Waals surface area contributed by atoms with Gasteiger partial charge in [0.2, 0.25) is 0 Å². The normalized spacial score (nSPS) is 11.9. The fraction of sp³-hybridized carbons (Fsp3) is 0.250. The van der Waals surface area contributed by atoms with E-state index in [4.69, 9.17) is 17.3 Å². The molecule has 2 rings (SSSR count). The van der Waals surface area contributed by atoms with Crippen LogP contribution in [-0.4, -0.2) is 9.78 Å². The zero-order valence-electron chi connectivity index (χ0n) is 10.0. The maximum absolute atomic E-state index is 13.0. The summed E-state index contributed by atoms with van der Waals surface area (Å²) in [5.41, 5.74) is 5.43. The van der Waals surface area contributed by atoms with Crippen LogP contribution in [0.25, 0.3) is 5.69 Å². The molecule has 0 radical (unpaired) electrons. The van der Waals surface area contributed by atoms with Crippen LogP contribution in [0.3, 0.4) is 0 Å². The molecule has 0 atom stereocenters. The van der Waals surface area contributed by atoms with E-state index in [1.54, 1.807) is 13.0 Å². The van der Waals surface area contributed by atoms with Gasteiger partial charge in [0.05, 0.1) is 11.9 Å². The van der Waals surface area contributed by atoms with Crippen molar-refractivity contribution in [2.24, 2.45) is 5.73 Å². The summed E-state index contributed by atoms with van der Waals surface area (Å²) < 4.78 is 39.9. The van der Waals surface area contributed by atoms with Gasteiger partial charge in [-0.1, -0.05) is 17.7 Å². The largest absolute Gasteiger partial charge is 0.433 e. The highest BCUT2D eigenvalue weighted by Crippen LogP contribution is 2.34. The Labute approximate surface area is 112 Å². The summed E-state index contributed by atoms with van der Waals surface area (Å²) >= 11 is 5.92. The molecule has 1 aromatic carbocycles. The third-order valence-electron chi connectivity index (χ3n) is 2.73. The van der Waals surface area contributed by atoms with E-state index in [1.165, 1.54) is 12.1 Å². The van der Waals surface area contributed by atoms with Gasteiger partial charge in [-0.2, -0.15) is 18.3 Å². The van der Waals surface area contributed by atoms with Crippen LogP contribution in [0, 0.1) is 6.92 Å². The number of aryl methyl sites for hydroxylation is 1. The molecule has 7 heteroatoms. The minimum atomic E-state index is -4.53. The zero-order valence-corrected chi connectivity index (χ0v) is 10.8. The molecule has 0 aliphatic heterocycles. The summed E-state index contributed by atoms with van der Waals surface area (Å²) in [5, 5.41) is 4.14. The van der Waals surface area contributed by atoms with E-state index in [0.29, 0.717) is 5.02 Å². The van der Waals surface area contributed by atoms with E-state index < -0.39 is 11.9 Å². The molecule has 0 saturated carbocycles. The maximum atomic E-state index is 13.0. The minimum absolute atomic E-state index is 0.0517. The predicted octanol–water partition coefficient (Wildman–Crippen LogP) is 3.31. The average Bonchev–Trinajstić information content (AvgIpc) is 2.76. The van der Waals surface area contributed by atoms with Crippen LogP contribution in [0.1, 0.15) is 16.8 Å². The Hall–Kier alpha value is -1.53. The quantitative estimate of drug-likeness (QED) is 0.922. The molecule has 0 aliphatic rings. The number of nitrogens with zero attached hydrogens (tertiary/aromatic N) is 2. The van der Waals surface area contributed by atoms with E-state index in [2.05, 4.69) is 5.10 Å². The molecule has 0 aliphatic carbocycles. The molecule has 19 heavy (non-hydrogen) atoms. The molecule has 0 unspecified atom stereocenters. The van der Waals surface area contributed by atoms with Crippen LogP contribution in [0.4, 0.5) is 13.2 Å². The number of hydrogen-bond acceptors (Lipinski definition) is 2. The highest BCUT2D eigenvalue weighted by atomic mass is 35.5. The number of aromatic nitrogens is 2. The van der Waals surface area contributed by atoms with Crippen molar-refractivity contribution in [3.63, 3.8) is 0 Å². The summed E-state index contributed by atoms with van der Waals surface area (Å²) in [6.07, 6.45) is -3.40. The summed E-state index contributed by atoms with van der Waals surface area (Å²) in [4.78, 5) is 0. The topological polar surface area (TPSA) is 43.8 Å². The molecule has 102 valence electrons. The molecule has 1 heterocycles. The number of rotatable bonds is 2. The molecule has 1 aromatic heterocycles. The lowest BCUT2D eigenvalue weighted by Crippen LogP contribution is -2.16. The van der Waals surface area contributed by atoms with E-state index >= 15 is 0 Å². The van der Waals surface area contributed by atoms with Gasteiger partial charge in [-0.3, -0.25) is 0 Å². The summed E-state index contributed by atoms with van der Waals surface area (Å²) in [6, 6.07) is 4.62. The van der Waals surface area contributed by atoms with E-state index in [-0.39, 0.29) is 17.8 Å². The van der Waals surface area contributed by atoms with Crippen LogP contribution in [0.5, 0.6) is 0 Å². The van der Waals surface area contributed by atoms with Crippen molar-refractivity contribution in [3.8, 4) is 5.69 Å². The van der Waals surface area contributed by atoms with Crippen LogP contribution < -0.4 is 5.73 Å². The highest BCUT2D eigenvalue weighted by Gasteiger charge is 2.38. The molecule has 0 spiro atoms. The van der Waals surface area contributed by atoms with Crippen molar-refractivity contribution in [1.29, 1.82) is 0 Å². The number of hydrogen-bond donors (Lipinski definition) is 1. The number of halogens is 4. The summed E-state index contributed by atoms with van der Waals surface area (Å²) in [6.45, 7) is 1.54. The van der Waals surface area contributed by atoms with Crippen molar-refractivity contribution in [2.45, 2.75) is 19.6 Å². The lowest BCUT2D eigenvalue weighted by Gasteiger charge is -2.13. The SMILES string of the molecule is Cc1ccc(-n2ncc(CN)c2C(F)(F)F)cc1Cl. The van der Waals surface area contributed by atoms with Gasteiger partial charge < -0.3 is 5.73 Å². The van der Waals surface area contributed by atoms with Gasteiger partial charge in [0.25, 0.3) is 0 Å². The van der Waals surface area contributed by atoms with Gasteiger partial charge >= 0.3 is 6.18 Å². The lowest BCUT2D eigenvalue weighted by molar-refractivity contribution is -0.143. The van der Waals surface area contributed by atoms with Gasteiger partial charge in [-0.05, 0) is 24.6 Å². The average molecular weight is 290 g/mol. The predicted molar refractivity (Wildman–Crippen MR) is 66.2 cm³/mol. The van der Waals surface area contributed by atoms with Crippen molar-refractivity contribution < 1.29 is 13.2 Å². The van der Waals surface area contributed by atoms with Gasteiger partial charge in [0.15, 0.2) is 5.69 Å². The van der Waals surface area contributed by atoms with Crippen LogP contribution >= 0.6 is 11.6 Å². The van der Waals surface area contributed by atoms with E-state index in [9.17, 15) is 13.2 Å². The van der Waals surface area contributed by atoms with Crippen molar-refractivity contribution in [2.75, 3.05) is 0 Å². The number of alkyl halides is 3. The summed E-state index contributed by atoms with van der Waals surface area (Å²) in [5.74, 6) is 0. The summed E-state index contributed by atoms with van der Waals surface area (Å²) in [7, 11) is 0. The third-order valence-corrected chi connectivity index (χ3v) is 3.14. The molecule has 0 fully saturated rings. The first-order valence-electron chi connectivity index (χ1n) is 5.45. The Bertz CT molecular complexity index is 605. The Morgan fingerprint density at radius 3 is 2.58 bits per heavy atom. The molecule has 3 nitrogen and oxygen atoms in total. The first kappa shape index (κ1) is 13.9. The minimum Gasteiger partial charge on any atom is -0.326 e. The second kappa shape index (κ2) is 4.86. The Balaban J connectivity index is 2.62. The van der Waals surface area contributed by atoms with Crippen molar-refractivity contribution in [1.82, 2.24) is 9.78 Å². The number of benzene rings is 1. The van der Waals surface area contributed by atoms with Crippen molar-refractivity contribution in [3.05, 3.63) is 46.2 Å². The smallest absolute Gasteiger partial charge is 0.326 e. The molecule has 0 amide bonds. The van der Waals surface area contributed by atoms with Gasteiger partial charge in [-0.15, -0.1) is 0 Å². The van der Waals surface area contributed by atoms with Crippen LogP contribution in [-0.2, 0) is 12.7 Å². The third kappa shape index (κ3) is 2.59. The standard InChI is InChI=1S/C12H11ClF3N3/c1-7-2-3-9(4-10(7)13)19-11(12(14,15)16)8(5-17)6-18-19/h2-4,6H,5,17H2,1H3. The molecule has 2 aromatic rings. The van der Waals surface area contributed by atoms with Gasteiger partial charge in [0, 0.05) is 17.1 Å². The van der Waals surface area contributed by atoms with Crippen molar-refractivity contribution >= 4 is 11.6 Å². The highest BCUT2D eigenvalue weighted by molar-refractivity contribution is 6.31. The fourth-order valence-electron chi connectivity index (χ4n) is 1.74. The fourth-order valence-corrected chi connectivity index (χ4v) is 1.92. The maximum Gasteiger partial charge on any atom is 0.433 e. The Morgan fingerprint density at radius 2 is 2.05 bits per heavy atom.